The van der Waals surface area contributed by atoms with Gasteiger partial charge in [0.2, 0.25) is 5.91 Å². The molecule has 0 atom stereocenters. The molecule has 1 fully saturated rings. The van der Waals surface area contributed by atoms with Crippen molar-refractivity contribution >= 4 is 41.6 Å². The zero-order chi connectivity index (χ0) is 12.6. The van der Waals surface area contributed by atoms with Crippen LogP contribution in [0.3, 0.4) is 0 Å². The second-order valence-corrected chi connectivity index (χ2v) is 4.83. The van der Waals surface area contributed by atoms with E-state index in [2.05, 4.69) is 10.3 Å². The topological polar surface area (TPSA) is 68.0 Å². The van der Waals surface area contributed by atoms with E-state index in [1.54, 1.807) is 6.20 Å². The fourth-order valence-corrected chi connectivity index (χ4v) is 2.02. The molecule has 0 unspecified atom stereocenters. The Morgan fingerprint density at radius 2 is 1.95 bits per heavy atom. The Balaban J connectivity index is 0.000001000. The van der Waals surface area contributed by atoms with Crippen LogP contribution in [0.25, 0.3) is 10.9 Å². The maximum Gasteiger partial charge on any atom is 0.240 e. The van der Waals surface area contributed by atoms with Crippen molar-refractivity contribution in [1.29, 1.82) is 0 Å². The molecule has 2 aromatic rings. The van der Waals surface area contributed by atoms with Gasteiger partial charge in [-0.2, -0.15) is 0 Å². The average molecular weight is 314 g/mol. The molecule has 3 rings (SSSR count). The fourth-order valence-electron chi connectivity index (χ4n) is 2.02. The molecule has 20 heavy (non-hydrogen) atoms. The number of para-hydroxylation sites is 1. The molecule has 0 saturated heterocycles. The number of halogens is 2. The number of nitrogens with one attached hydrogen (secondary N) is 1. The largest absolute Gasteiger partial charge is 0.350 e. The Bertz CT molecular complexity index is 609. The van der Waals surface area contributed by atoms with Crippen molar-refractivity contribution < 1.29 is 4.79 Å². The maximum atomic E-state index is 11.8. The number of pyridine rings is 1. The second-order valence-electron chi connectivity index (χ2n) is 4.83. The summed E-state index contributed by atoms with van der Waals surface area (Å²) in [6, 6.07) is 9.88. The molecular weight excluding hydrogens is 297 g/mol. The lowest BCUT2D eigenvalue weighted by Gasteiger charge is -2.11. The standard InChI is InChI=1S/C14H15N3O.2ClH/c15-14(6-7-14)13(18)17-9-11-4-1-3-10-5-2-8-16-12(10)11;;/h1-5,8H,6-7,9,15H2,(H,17,18);2*1H. The molecule has 6 heteroatoms. The molecule has 0 bridgehead atoms. The lowest BCUT2D eigenvalue weighted by Crippen LogP contribution is -2.42. The summed E-state index contributed by atoms with van der Waals surface area (Å²) in [7, 11) is 0. The van der Waals surface area contributed by atoms with Gasteiger partial charge in [0.05, 0.1) is 11.1 Å². The number of hydrogen-bond acceptors (Lipinski definition) is 3. The molecule has 1 aromatic heterocycles. The van der Waals surface area contributed by atoms with E-state index in [0.717, 1.165) is 29.3 Å². The maximum absolute atomic E-state index is 11.8. The monoisotopic (exact) mass is 313 g/mol. The van der Waals surface area contributed by atoms with Gasteiger partial charge in [0.25, 0.3) is 0 Å². The second kappa shape index (κ2) is 6.39. The number of nitrogens with zero attached hydrogens (tertiary/aromatic N) is 1. The van der Waals surface area contributed by atoms with E-state index >= 15 is 0 Å². The Labute approximate surface area is 130 Å². The minimum Gasteiger partial charge on any atom is -0.350 e. The van der Waals surface area contributed by atoms with Crippen molar-refractivity contribution in [3.63, 3.8) is 0 Å². The SMILES string of the molecule is Cl.Cl.NC1(C(=O)NCc2cccc3cccnc23)CC1. The summed E-state index contributed by atoms with van der Waals surface area (Å²) in [6.45, 7) is 0.478. The van der Waals surface area contributed by atoms with Crippen LogP contribution >= 0.6 is 24.8 Å². The number of rotatable bonds is 3. The van der Waals surface area contributed by atoms with E-state index in [1.807, 2.05) is 30.3 Å². The molecular formula is C14H17Cl2N3O. The highest BCUT2D eigenvalue weighted by Gasteiger charge is 2.45. The van der Waals surface area contributed by atoms with Crippen molar-refractivity contribution in [2.45, 2.75) is 24.9 Å². The van der Waals surface area contributed by atoms with Gasteiger partial charge in [0.15, 0.2) is 0 Å². The Morgan fingerprint density at radius 1 is 1.25 bits per heavy atom. The first-order valence-electron chi connectivity index (χ1n) is 6.09. The van der Waals surface area contributed by atoms with Crippen LogP contribution in [0.4, 0.5) is 0 Å². The van der Waals surface area contributed by atoms with Crippen LogP contribution in [-0.4, -0.2) is 16.4 Å². The number of aromatic nitrogens is 1. The van der Waals surface area contributed by atoms with Gasteiger partial charge in [0, 0.05) is 18.1 Å². The summed E-state index contributed by atoms with van der Waals surface area (Å²) >= 11 is 0. The zero-order valence-corrected chi connectivity index (χ0v) is 12.5. The quantitative estimate of drug-likeness (QED) is 0.912. The minimum atomic E-state index is -0.613. The molecule has 1 saturated carbocycles. The predicted octanol–water partition coefficient (Wildman–Crippen LogP) is 2.19. The minimum absolute atomic E-state index is 0. The summed E-state index contributed by atoms with van der Waals surface area (Å²) in [4.78, 5) is 16.1. The van der Waals surface area contributed by atoms with Gasteiger partial charge in [0.1, 0.15) is 0 Å². The highest BCUT2D eigenvalue weighted by molar-refractivity contribution is 5.89. The molecule has 1 amide bonds. The number of carbonyl (C=O) groups excluding carboxylic acids is 1. The summed E-state index contributed by atoms with van der Waals surface area (Å²) in [5.41, 5.74) is 7.18. The van der Waals surface area contributed by atoms with Crippen LogP contribution in [0.15, 0.2) is 36.5 Å². The number of nitrogens with two attached hydrogens (primary N) is 1. The summed E-state index contributed by atoms with van der Waals surface area (Å²) < 4.78 is 0. The van der Waals surface area contributed by atoms with E-state index in [0.29, 0.717) is 6.54 Å². The van der Waals surface area contributed by atoms with Gasteiger partial charge in [-0.15, -0.1) is 24.8 Å². The van der Waals surface area contributed by atoms with E-state index in [4.69, 9.17) is 5.73 Å². The van der Waals surface area contributed by atoms with E-state index in [-0.39, 0.29) is 30.7 Å². The van der Waals surface area contributed by atoms with Gasteiger partial charge in [-0.25, -0.2) is 0 Å². The number of amides is 1. The molecule has 1 aromatic carbocycles. The Kier molecular flexibility index (Phi) is 5.34. The van der Waals surface area contributed by atoms with Crippen LogP contribution in [0.2, 0.25) is 0 Å². The van der Waals surface area contributed by atoms with Crippen LogP contribution in [0.1, 0.15) is 18.4 Å². The third-order valence-electron chi connectivity index (χ3n) is 3.40. The first-order valence-corrected chi connectivity index (χ1v) is 6.09. The number of carbonyl (C=O) groups is 1. The van der Waals surface area contributed by atoms with Crippen molar-refractivity contribution in [3.05, 3.63) is 42.1 Å². The van der Waals surface area contributed by atoms with Crippen molar-refractivity contribution in [2.24, 2.45) is 5.73 Å². The van der Waals surface area contributed by atoms with Crippen molar-refractivity contribution in [1.82, 2.24) is 10.3 Å². The van der Waals surface area contributed by atoms with Crippen LogP contribution in [-0.2, 0) is 11.3 Å². The molecule has 0 spiro atoms. The molecule has 108 valence electrons. The molecule has 0 radical (unpaired) electrons. The van der Waals surface area contributed by atoms with Gasteiger partial charge in [-0.3, -0.25) is 9.78 Å². The Morgan fingerprint density at radius 3 is 2.65 bits per heavy atom. The summed E-state index contributed by atoms with van der Waals surface area (Å²) in [6.07, 6.45) is 3.33. The highest BCUT2D eigenvalue weighted by Crippen LogP contribution is 2.32. The van der Waals surface area contributed by atoms with Crippen LogP contribution in [0.5, 0.6) is 0 Å². The molecule has 1 aliphatic rings. The van der Waals surface area contributed by atoms with E-state index in [1.165, 1.54) is 0 Å². The molecule has 4 nitrogen and oxygen atoms in total. The van der Waals surface area contributed by atoms with Gasteiger partial charge in [-0.1, -0.05) is 24.3 Å². The molecule has 0 aliphatic heterocycles. The fraction of sp³-hybridized carbons (Fsp3) is 0.286. The summed E-state index contributed by atoms with van der Waals surface area (Å²) in [5.74, 6) is -0.0598. The average Bonchev–Trinajstić information content (AvgIpc) is 3.15. The highest BCUT2D eigenvalue weighted by atomic mass is 35.5. The third-order valence-corrected chi connectivity index (χ3v) is 3.40. The van der Waals surface area contributed by atoms with Crippen molar-refractivity contribution in [2.75, 3.05) is 0 Å². The third kappa shape index (κ3) is 3.20. The number of hydrogen-bond donors (Lipinski definition) is 2. The summed E-state index contributed by atoms with van der Waals surface area (Å²) in [5, 5.41) is 3.97. The first kappa shape index (κ1) is 16.7. The molecule has 1 aliphatic carbocycles. The first-order chi connectivity index (χ1) is 8.69. The van der Waals surface area contributed by atoms with Gasteiger partial charge >= 0.3 is 0 Å². The molecule has 3 N–H and O–H groups in total. The number of fused-ring (bicyclic) bond motifs is 1. The molecule has 1 heterocycles. The lowest BCUT2D eigenvalue weighted by molar-refractivity contribution is -0.123. The number of benzene rings is 1. The normalized spacial score (nSPS) is 14.8. The van der Waals surface area contributed by atoms with Gasteiger partial charge in [-0.05, 0) is 24.5 Å². The van der Waals surface area contributed by atoms with Crippen LogP contribution < -0.4 is 11.1 Å². The Hall–Kier alpha value is -1.36. The van der Waals surface area contributed by atoms with Gasteiger partial charge < -0.3 is 11.1 Å². The lowest BCUT2D eigenvalue weighted by atomic mass is 10.1. The smallest absolute Gasteiger partial charge is 0.240 e. The van der Waals surface area contributed by atoms with Crippen LogP contribution in [0, 0.1) is 0 Å². The van der Waals surface area contributed by atoms with E-state index in [9.17, 15) is 4.79 Å². The van der Waals surface area contributed by atoms with Crippen molar-refractivity contribution in [3.8, 4) is 0 Å². The predicted molar refractivity (Wildman–Crippen MR) is 84.2 cm³/mol. The van der Waals surface area contributed by atoms with E-state index < -0.39 is 5.54 Å². The zero-order valence-electron chi connectivity index (χ0n) is 10.8.